The number of benzene rings is 1. The molecule has 0 spiro atoms. The van der Waals surface area contributed by atoms with Crippen molar-refractivity contribution in [3.8, 4) is 5.75 Å². The average molecular weight is 275 g/mol. The highest BCUT2D eigenvalue weighted by atomic mass is 16.5. The Kier molecular flexibility index (Phi) is 6.38. The van der Waals surface area contributed by atoms with Gasteiger partial charge in [0.15, 0.2) is 0 Å². The van der Waals surface area contributed by atoms with E-state index in [9.17, 15) is 0 Å². The van der Waals surface area contributed by atoms with Crippen LogP contribution in [0, 0.1) is 5.92 Å². The Bertz CT molecular complexity index is 368. The summed E-state index contributed by atoms with van der Waals surface area (Å²) in [5.74, 6) is 1.91. The van der Waals surface area contributed by atoms with Crippen LogP contribution in [0.1, 0.15) is 51.0 Å². The average Bonchev–Trinajstić information content (AvgIpc) is 2.49. The van der Waals surface area contributed by atoms with E-state index in [2.05, 4.69) is 24.4 Å². The van der Waals surface area contributed by atoms with Crippen LogP contribution >= 0.6 is 0 Å². The van der Waals surface area contributed by atoms with Crippen molar-refractivity contribution in [2.24, 2.45) is 5.92 Å². The molecule has 1 saturated carbocycles. The van der Waals surface area contributed by atoms with E-state index < -0.39 is 0 Å². The molecule has 1 N–H and O–H groups in total. The van der Waals surface area contributed by atoms with E-state index in [1.54, 1.807) is 7.11 Å². The smallest absolute Gasteiger partial charge is 0.118 e. The largest absolute Gasteiger partial charge is 0.497 e. The Morgan fingerprint density at radius 2 is 1.85 bits per heavy atom. The molecule has 2 nitrogen and oxygen atoms in total. The van der Waals surface area contributed by atoms with E-state index in [-0.39, 0.29) is 0 Å². The first-order valence-electron chi connectivity index (χ1n) is 8.14. The van der Waals surface area contributed by atoms with E-state index >= 15 is 0 Å². The Balaban J connectivity index is 1.65. The Labute approximate surface area is 123 Å². The topological polar surface area (TPSA) is 21.3 Å². The fraction of sp³-hybridized carbons (Fsp3) is 0.667. The first kappa shape index (κ1) is 15.4. The highest BCUT2D eigenvalue weighted by Crippen LogP contribution is 2.25. The van der Waals surface area contributed by atoms with Crippen molar-refractivity contribution < 1.29 is 4.74 Å². The number of ether oxygens (including phenoxy) is 1. The van der Waals surface area contributed by atoms with E-state index in [1.165, 1.54) is 50.6 Å². The molecule has 1 fully saturated rings. The molecule has 1 aromatic rings. The molecule has 0 aliphatic heterocycles. The number of rotatable bonds is 7. The molecule has 1 aromatic carbocycles. The maximum absolute atomic E-state index is 5.19. The van der Waals surface area contributed by atoms with Gasteiger partial charge in [-0.3, -0.25) is 0 Å². The molecule has 0 radical (unpaired) electrons. The first-order chi connectivity index (χ1) is 9.78. The van der Waals surface area contributed by atoms with Gasteiger partial charge in [-0.15, -0.1) is 0 Å². The summed E-state index contributed by atoms with van der Waals surface area (Å²) in [6.07, 6.45) is 9.71. The lowest BCUT2D eigenvalue weighted by atomic mass is 9.87. The highest BCUT2D eigenvalue weighted by molar-refractivity contribution is 5.27. The molecule has 0 saturated heterocycles. The molecule has 112 valence electrons. The molecule has 0 bridgehead atoms. The zero-order valence-electron chi connectivity index (χ0n) is 13.0. The molecule has 1 aliphatic rings. The second-order valence-corrected chi connectivity index (χ2v) is 6.20. The summed E-state index contributed by atoms with van der Waals surface area (Å²) < 4.78 is 5.19. The summed E-state index contributed by atoms with van der Waals surface area (Å²) in [5.41, 5.74) is 1.38. The Hall–Kier alpha value is -1.02. The summed E-state index contributed by atoms with van der Waals surface area (Å²) in [7, 11) is 1.71. The van der Waals surface area contributed by atoms with Crippen LogP contribution in [0.5, 0.6) is 5.75 Å². The second-order valence-electron chi connectivity index (χ2n) is 6.20. The summed E-state index contributed by atoms with van der Waals surface area (Å²) in [5, 5.41) is 3.68. The molecule has 1 atom stereocenters. The van der Waals surface area contributed by atoms with Crippen LogP contribution in [0.4, 0.5) is 0 Å². The molecule has 2 rings (SSSR count). The minimum absolute atomic E-state index is 0.548. The van der Waals surface area contributed by atoms with Crippen LogP contribution in [0.15, 0.2) is 24.3 Å². The molecule has 0 heterocycles. The number of nitrogens with one attached hydrogen (secondary N) is 1. The summed E-state index contributed by atoms with van der Waals surface area (Å²) in [4.78, 5) is 0. The van der Waals surface area contributed by atoms with Crippen molar-refractivity contribution >= 4 is 0 Å². The third-order valence-corrected chi connectivity index (χ3v) is 4.47. The van der Waals surface area contributed by atoms with Crippen LogP contribution in [0.2, 0.25) is 0 Å². The van der Waals surface area contributed by atoms with Gasteiger partial charge in [-0.25, -0.2) is 0 Å². The van der Waals surface area contributed by atoms with Gasteiger partial charge in [-0.1, -0.05) is 44.2 Å². The molecular weight excluding hydrogens is 246 g/mol. The van der Waals surface area contributed by atoms with Crippen LogP contribution in [0.3, 0.4) is 0 Å². The molecule has 2 heteroatoms. The van der Waals surface area contributed by atoms with Gasteiger partial charge >= 0.3 is 0 Å². The maximum atomic E-state index is 5.19. The van der Waals surface area contributed by atoms with Gasteiger partial charge < -0.3 is 10.1 Å². The van der Waals surface area contributed by atoms with Gasteiger partial charge in [-0.05, 0) is 49.9 Å². The Morgan fingerprint density at radius 1 is 1.15 bits per heavy atom. The van der Waals surface area contributed by atoms with Crippen LogP contribution in [-0.2, 0) is 6.42 Å². The van der Waals surface area contributed by atoms with Gasteiger partial charge in [0.1, 0.15) is 5.75 Å². The normalized spacial score (nSPS) is 17.9. The van der Waals surface area contributed by atoms with Crippen molar-refractivity contribution in [2.75, 3.05) is 13.7 Å². The number of hydrogen-bond acceptors (Lipinski definition) is 2. The zero-order chi connectivity index (χ0) is 14.2. The summed E-state index contributed by atoms with van der Waals surface area (Å²) >= 11 is 0. The predicted octanol–water partition coefficient (Wildman–Crippen LogP) is 4.19. The van der Waals surface area contributed by atoms with Crippen LogP contribution in [0.25, 0.3) is 0 Å². The maximum Gasteiger partial charge on any atom is 0.118 e. The van der Waals surface area contributed by atoms with Crippen molar-refractivity contribution in [2.45, 2.75) is 57.9 Å². The SMILES string of the molecule is COc1ccc(CC(C)NCCC2CCCCC2)cc1. The molecule has 1 aliphatic carbocycles. The minimum atomic E-state index is 0.548. The third kappa shape index (κ3) is 5.16. The molecule has 0 aromatic heterocycles. The predicted molar refractivity (Wildman–Crippen MR) is 85.4 cm³/mol. The van der Waals surface area contributed by atoms with E-state index in [4.69, 9.17) is 4.74 Å². The molecule has 20 heavy (non-hydrogen) atoms. The van der Waals surface area contributed by atoms with Gasteiger partial charge in [-0.2, -0.15) is 0 Å². The van der Waals surface area contributed by atoms with Gasteiger partial charge in [0, 0.05) is 6.04 Å². The number of hydrogen-bond donors (Lipinski definition) is 1. The quantitative estimate of drug-likeness (QED) is 0.806. The van der Waals surface area contributed by atoms with Gasteiger partial charge in [0.2, 0.25) is 0 Å². The van der Waals surface area contributed by atoms with Crippen molar-refractivity contribution in [3.63, 3.8) is 0 Å². The second kappa shape index (κ2) is 8.31. The zero-order valence-corrected chi connectivity index (χ0v) is 13.0. The lowest BCUT2D eigenvalue weighted by molar-refractivity contribution is 0.329. The van der Waals surface area contributed by atoms with Gasteiger partial charge in [0.05, 0.1) is 7.11 Å². The van der Waals surface area contributed by atoms with Crippen LogP contribution < -0.4 is 10.1 Å². The van der Waals surface area contributed by atoms with Gasteiger partial charge in [0.25, 0.3) is 0 Å². The molecule has 1 unspecified atom stereocenters. The van der Waals surface area contributed by atoms with E-state index in [0.717, 1.165) is 18.1 Å². The fourth-order valence-corrected chi connectivity index (χ4v) is 3.20. The Morgan fingerprint density at radius 3 is 2.50 bits per heavy atom. The summed E-state index contributed by atoms with van der Waals surface area (Å²) in [6.45, 7) is 3.45. The summed E-state index contributed by atoms with van der Waals surface area (Å²) in [6, 6.07) is 8.97. The lowest BCUT2D eigenvalue weighted by Gasteiger charge is -2.22. The van der Waals surface area contributed by atoms with Crippen molar-refractivity contribution in [1.29, 1.82) is 0 Å². The van der Waals surface area contributed by atoms with E-state index in [1.807, 2.05) is 12.1 Å². The van der Waals surface area contributed by atoms with Crippen molar-refractivity contribution in [1.82, 2.24) is 5.32 Å². The lowest BCUT2D eigenvalue weighted by Crippen LogP contribution is -2.30. The molecular formula is C18H29NO. The first-order valence-corrected chi connectivity index (χ1v) is 8.14. The fourth-order valence-electron chi connectivity index (χ4n) is 3.20. The minimum Gasteiger partial charge on any atom is -0.497 e. The van der Waals surface area contributed by atoms with E-state index in [0.29, 0.717) is 6.04 Å². The standard InChI is InChI=1S/C18H29NO/c1-15(14-17-8-10-18(20-2)11-9-17)19-13-12-16-6-4-3-5-7-16/h8-11,15-16,19H,3-7,12-14H2,1-2H3. The monoisotopic (exact) mass is 275 g/mol. The highest BCUT2D eigenvalue weighted by Gasteiger charge is 2.13. The van der Waals surface area contributed by atoms with Crippen molar-refractivity contribution in [3.05, 3.63) is 29.8 Å². The third-order valence-electron chi connectivity index (χ3n) is 4.47. The number of methoxy groups -OCH3 is 1. The van der Waals surface area contributed by atoms with Crippen LogP contribution in [-0.4, -0.2) is 19.7 Å². The molecule has 0 amide bonds.